The quantitative estimate of drug-likeness (QED) is 0.288. The molecule has 1 aliphatic rings. The Hall–Kier alpha value is -1.64. The second kappa shape index (κ2) is 11.5. The van der Waals surface area contributed by atoms with E-state index in [-0.39, 0.29) is 16.9 Å². The second-order valence-electron chi connectivity index (χ2n) is 7.72. The molecule has 1 aromatic carbocycles. The van der Waals surface area contributed by atoms with Gasteiger partial charge in [-0.3, -0.25) is 4.99 Å². The van der Waals surface area contributed by atoms with Crippen molar-refractivity contribution in [2.24, 2.45) is 10.4 Å². The van der Waals surface area contributed by atoms with Crippen LogP contribution in [0.5, 0.6) is 0 Å². The highest BCUT2D eigenvalue weighted by Crippen LogP contribution is 2.40. The minimum atomic E-state index is -3.49. The molecular formula is C21H36N4O3S. The van der Waals surface area contributed by atoms with Crippen LogP contribution in [0, 0.1) is 12.3 Å². The molecule has 3 N–H and O–H groups in total. The Balaban J connectivity index is 1.76. The summed E-state index contributed by atoms with van der Waals surface area (Å²) < 4.78 is 32.8. The van der Waals surface area contributed by atoms with E-state index in [1.165, 1.54) is 25.7 Å². The van der Waals surface area contributed by atoms with Crippen molar-refractivity contribution in [1.29, 1.82) is 0 Å². The number of aryl methyl sites for hydroxylation is 1. The SMILES string of the molecule is CCOCCC1(CNC(=NC)NCCNS(=O)(=O)c2ccc(C)cc2)CCCC1. The summed E-state index contributed by atoms with van der Waals surface area (Å²) in [4.78, 5) is 4.55. The number of ether oxygens (including phenoxy) is 1. The van der Waals surface area contributed by atoms with Gasteiger partial charge in [0.1, 0.15) is 0 Å². The fourth-order valence-electron chi connectivity index (χ4n) is 3.73. The zero-order valence-electron chi connectivity index (χ0n) is 18.0. The minimum absolute atomic E-state index is 0.264. The number of rotatable bonds is 11. The third-order valence-electron chi connectivity index (χ3n) is 5.54. The maximum absolute atomic E-state index is 12.3. The van der Waals surface area contributed by atoms with Crippen LogP contribution in [0.1, 0.15) is 44.6 Å². The first-order valence-electron chi connectivity index (χ1n) is 10.5. The Bertz CT molecular complexity index is 742. The minimum Gasteiger partial charge on any atom is -0.382 e. The highest BCUT2D eigenvalue weighted by molar-refractivity contribution is 7.89. The molecule has 0 bridgehead atoms. The molecule has 1 saturated carbocycles. The number of nitrogens with zero attached hydrogens (tertiary/aromatic N) is 1. The molecule has 2 rings (SSSR count). The number of hydrogen-bond acceptors (Lipinski definition) is 4. The van der Waals surface area contributed by atoms with Gasteiger partial charge in [-0.15, -0.1) is 0 Å². The van der Waals surface area contributed by atoms with E-state index in [0.717, 1.165) is 31.7 Å². The number of sulfonamides is 1. The summed E-state index contributed by atoms with van der Waals surface area (Å²) in [6.45, 7) is 7.10. The molecule has 29 heavy (non-hydrogen) atoms. The van der Waals surface area contributed by atoms with E-state index < -0.39 is 10.0 Å². The Morgan fingerprint density at radius 2 is 1.83 bits per heavy atom. The van der Waals surface area contributed by atoms with Crippen molar-refractivity contribution in [1.82, 2.24) is 15.4 Å². The molecule has 7 nitrogen and oxygen atoms in total. The summed E-state index contributed by atoms with van der Waals surface area (Å²) in [5, 5.41) is 6.61. The van der Waals surface area contributed by atoms with Crippen LogP contribution in [-0.4, -0.2) is 54.3 Å². The third-order valence-corrected chi connectivity index (χ3v) is 7.02. The normalized spacial score (nSPS) is 16.7. The highest BCUT2D eigenvalue weighted by atomic mass is 32.2. The van der Waals surface area contributed by atoms with Crippen LogP contribution in [0.15, 0.2) is 34.2 Å². The van der Waals surface area contributed by atoms with Gasteiger partial charge >= 0.3 is 0 Å². The Kier molecular flexibility index (Phi) is 9.39. The fraction of sp³-hybridized carbons (Fsp3) is 0.667. The van der Waals surface area contributed by atoms with Crippen LogP contribution < -0.4 is 15.4 Å². The zero-order chi connectivity index (χ0) is 21.2. The van der Waals surface area contributed by atoms with Crippen LogP contribution in [-0.2, 0) is 14.8 Å². The van der Waals surface area contributed by atoms with Gasteiger partial charge in [0.05, 0.1) is 4.90 Å². The van der Waals surface area contributed by atoms with Crippen molar-refractivity contribution in [3.05, 3.63) is 29.8 Å². The molecule has 0 amide bonds. The number of aliphatic imine (C=N–C) groups is 1. The topological polar surface area (TPSA) is 91.8 Å². The van der Waals surface area contributed by atoms with E-state index in [1.54, 1.807) is 31.3 Å². The molecule has 0 heterocycles. The van der Waals surface area contributed by atoms with Crippen molar-refractivity contribution in [2.75, 3.05) is 39.9 Å². The van der Waals surface area contributed by atoms with Gasteiger partial charge in [0.25, 0.3) is 0 Å². The van der Waals surface area contributed by atoms with E-state index in [4.69, 9.17) is 4.74 Å². The van der Waals surface area contributed by atoms with Gasteiger partial charge in [-0.2, -0.15) is 0 Å². The van der Waals surface area contributed by atoms with Crippen LogP contribution in [0.4, 0.5) is 0 Å². The van der Waals surface area contributed by atoms with Gasteiger partial charge in [0.15, 0.2) is 5.96 Å². The molecule has 1 aliphatic carbocycles. The lowest BCUT2D eigenvalue weighted by Gasteiger charge is -2.30. The van der Waals surface area contributed by atoms with Gasteiger partial charge < -0.3 is 15.4 Å². The molecular weight excluding hydrogens is 388 g/mol. The van der Waals surface area contributed by atoms with E-state index >= 15 is 0 Å². The monoisotopic (exact) mass is 424 g/mol. The predicted octanol–water partition coefficient (Wildman–Crippen LogP) is 2.43. The molecule has 1 aromatic rings. The van der Waals surface area contributed by atoms with Crippen molar-refractivity contribution in [3.63, 3.8) is 0 Å². The molecule has 8 heteroatoms. The van der Waals surface area contributed by atoms with Crippen molar-refractivity contribution >= 4 is 16.0 Å². The van der Waals surface area contributed by atoms with Gasteiger partial charge in [0, 0.05) is 39.9 Å². The molecule has 0 atom stereocenters. The van der Waals surface area contributed by atoms with Crippen molar-refractivity contribution in [3.8, 4) is 0 Å². The average Bonchev–Trinajstić information content (AvgIpc) is 3.17. The summed E-state index contributed by atoms with van der Waals surface area (Å²) in [5.74, 6) is 0.696. The highest BCUT2D eigenvalue weighted by Gasteiger charge is 2.33. The molecule has 0 spiro atoms. The van der Waals surface area contributed by atoms with E-state index in [2.05, 4.69) is 20.3 Å². The van der Waals surface area contributed by atoms with Gasteiger partial charge in [-0.05, 0) is 50.7 Å². The van der Waals surface area contributed by atoms with E-state index in [1.807, 2.05) is 13.8 Å². The lowest BCUT2D eigenvalue weighted by molar-refractivity contribution is 0.105. The summed E-state index contributed by atoms with van der Waals surface area (Å²) in [7, 11) is -1.76. The lowest BCUT2D eigenvalue weighted by atomic mass is 9.83. The molecule has 0 aromatic heterocycles. The van der Waals surface area contributed by atoms with E-state index in [0.29, 0.717) is 12.5 Å². The first-order valence-corrected chi connectivity index (χ1v) is 12.0. The first-order chi connectivity index (χ1) is 13.9. The van der Waals surface area contributed by atoms with Crippen LogP contribution in [0.3, 0.4) is 0 Å². The van der Waals surface area contributed by atoms with Gasteiger partial charge in [-0.25, -0.2) is 13.1 Å². The molecule has 0 radical (unpaired) electrons. The Labute approximate surface area is 175 Å². The zero-order valence-corrected chi connectivity index (χ0v) is 18.8. The van der Waals surface area contributed by atoms with Gasteiger partial charge in [0.2, 0.25) is 10.0 Å². The fourth-order valence-corrected chi connectivity index (χ4v) is 4.76. The second-order valence-corrected chi connectivity index (χ2v) is 9.48. The van der Waals surface area contributed by atoms with E-state index in [9.17, 15) is 8.42 Å². The van der Waals surface area contributed by atoms with Crippen LogP contribution in [0.25, 0.3) is 0 Å². The number of guanidine groups is 1. The van der Waals surface area contributed by atoms with Gasteiger partial charge in [-0.1, -0.05) is 30.5 Å². The number of hydrogen-bond donors (Lipinski definition) is 3. The summed E-state index contributed by atoms with van der Waals surface area (Å²) in [6, 6.07) is 6.83. The third kappa shape index (κ3) is 7.60. The Morgan fingerprint density at radius 1 is 1.14 bits per heavy atom. The largest absolute Gasteiger partial charge is 0.382 e. The van der Waals surface area contributed by atoms with Crippen molar-refractivity contribution in [2.45, 2.75) is 50.8 Å². The lowest BCUT2D eigenvalue weighted by Crippen LogP contribution is -2.45. The van der Waals surface area contributed by atoms with Crippen LogP contribution in [0.2, 0.25) is 0 Å². The summed E-state index contributed by atoms with van der Waals surface area (Å²) in [5.41, 5.74) is 1.29. The first kappa shape index (κ1) is 23.6. The van der Waals surface area contributed by atoms with Crippen LogP contribution >= 0.6 is 0 Å². The predicted molar refractivity (Wildman–Crippen MR) is 118 cm³/mol. The maximum Gasteiger partial charge on any atom is 0.240 e. The molecule has 0 unspecified atom stereocenters. The average molecular weight is 425 g/mol. The van der Waals surface area contributed by atoms with Crippen molar-refractivity contribution < 1.29 is 13.2 Å². The summed E-state index contributed by atoms with van der Waals surface area (Å²) >= 11 is 0. The smallest absolute Gasteiger partial charge is 0.240 e. The molecule has 1 fully saturated rings. The molecule has 0 aliphatic heterocycles. The summed E-state index contributed by atoms with van der Waals surface area (Å²) in [6.07, 6.45) is 6.00. The standard InChI is InChI=1S/C21H36N4O3S/c1-4-28-16-13-21(11-5-6-12-21)17-24-20(22-3)23-14-15-25-29(26,27)19-9-7-18(2)8-10-19/h7-10,25H,4-6,11-17H2,1-3H3,(H2,22,23,24). The Morgan fingerprint density at radius 3 is 2.45 bits per heavy atom. The maximum atomic E-state index is 12.3. The number of nitrogens with one attached hydrogen (secondary N) is 3. The molecule has 164 valence electrons. The molecule has 0 saturated heterocycles. The number of benzene rings is 1.